The van der Waals surface area contributed by atoms with Crippen LogP contribution in [0.4, 0.5) is 5.69 Å². The third-order valence-corrected chi connectivity index (χ3v) is 8.76. The highest BCUT2D eigenvalue weighted by Gasteiger charge is 2.39. The monoisotopic (exact) mass is 490 g/mol. The summed E-state index contributed by atoms with van der Waals surface area (Å²) in [4.78, 5) is 33.6. The van der Waals surface area contributed by atoms with E-state index in [4.69, 9.17) is 11.6 Å². The molecule has 0 amide bonds. The van der Waals surface area contributed by atoms with Crippen molar-refractivity contribution in [3.8, 4) is 5.69 Å². The van der Waals surface area contributed by atoms with Gasteiger partial charge < -0.3 is 9.69 Å². The van der Waals surface area contributed by atoms with Crippen molar-refractivity contribution >= 4 is 34.5 Å². The molecule has 2 fully saturated rings. The molecule has 3 heterocycles. The van der Waals surface area contributed by atoms with Crippen LogP contribution in [0.25, 0.3) is 16.6 Å². The lowest BCUT2D eigenvalue weighted by molar-refractivity contribution is -0.112. The number of nitrogens with zero attached hydrogens (tertiary/aromatic N) is 4. The molecule has 6 rings (SSSR count). The summed E-state index contributed by atoms with van der Waals surface area (Å²) in [6.45, 7) is 8.32. The van der Waals surface area contributed by atoms with Gasteiger partial charge in [-0.3, -0.25) is 14.3 Å². The molecule has 6 nitrogen and oxygen atoms in total. The molecule has 3 aliphatic rings. The SMILES string of the molecule is CC1(C)c2ccc(N3CCN(C4CCC(C=O)CC4)CC3)cc2-n2c1nc(=O)c1c(Cl)cccc12. The van der Waals surface area contributed by atoms with Gasteiger partial charge in [0.25, 0.3) is 5.56 Å². The molecule has 3 aromatic rings. The van der Waals surface area contributed by atoms with Gasteiger partial charge in [0.2, 0.25) is 0 Å². The molecule has 35 heavy (non-hydrogen) atoms. The molecule has 0 radical (unpaired) electrons. The molecule has 1 aliphatic carbocycles. The molecule has 0 atom stereocenters. The number of anilines is 1. The Balaban J connectivity index is 1.31. The summed E-state index contributed by atoms with van der Waals surface area (Å²) in [5.41, 5.74) is 3.62. The van der Waals surface area contributed by atoms with Gasteiger partial charge >= 0.3 is 0 Å². The first kappa shape index (κ1) is 22.7. The van der Waals surface area contributed by atoms with E-state index in [2.05, 4.69) is 51.4 Å². The Morgan fingerprint density at radius 2 is 1.77 bits per heavy atom. The quantitative estimate of drug-likeness (QED) is 0.504. The van der Waals surface area contributed by atoms with Crippen LogP contribution in [0.15, 0.2) is 41.2 Å². The number of hydrogen-bond donors (Lipinski definition) is 0. The van der Waals surface area contributed by atoms with E-state index >= 15 is 0 Å². The van der Waals surface area contributed by atoms with Crippen LogP contribution in [-0.2, 0) is 10.2 Å². The van der Waals surface area contributed by atoms with E-state index < -0.39 is 0 Å². The summed E-state index contributed by atoms with van der Waals surface area (Å²) >= 11 is 6.43. The molecule has 0 bridgehead atoms. The van der Waals surface area contributed by atoms with Crippen molar-refractivity contribution in [1.29, 1.82) is 0 Å². The molecule has 0 spiro atoms. The fourth-order valence-corrected chi connectivity index (χ4v) is 6.64. The third kappa shape index (κ3) is 3.61. The first-order valence-electron chi connectivity index (χ1n) is 12.7. The highest BCUT2D eigenvalue weighted by atomic mass is 35.5. The Labute approximate surface area is 210 Å². The lowest BCUT2D eigenvalue weighted by Gasteiger charge is -2.42. The number of hydrogen-bond acceptors (Lipinski definition) is 5. The van der Waals surface area contributed by atoms with Gasteiger partial charge in [-0.25, -0.2) is 0 Å². The second kappa shape index (κ2) is 8.45. The number of piperazine rings is 1. The normalized spacial score (nSPS) is 23.8. The fraction of sp³-hybridized carbons (Fsp3) is 0.464. The van der Waals surface area contributed by atoms with Crippen molar-refractivity contribution in [2.24, 2.45) is 5.92 Å². The largest absolute Gasteiger partial charge is 0.369 e. The fourth-order valence-electron chi connectivity index (χ4n) is 6.39. The number of carbonyl (C=O) groups is 1. The van der Waals surface area contributed by atoms with E-state index in [-0.39, 0.29) is 16.9 Å². The molecule has 7 heteroatoms. The molecule has 0 N–H and O–H groups in total. The van der Waals surface area contributed by atoms with E-state index in [1.54, 1.807) is 6.07 Å². The third-order valence-electron chi connectivity index (χ3n) is 8.45. The van der Waals surface area contributed by atoms with Crippen molar-refractivity contribution in [3.63, 3.8) is 0 Å². The summed E-state index contributed by atoms with van der Waals surface area (Å²) in [7, 11) is 0. The Morgan fingerprint density at radius 1 is 1.03 bits per heavy atom. The first-order valence-corrected chi connectivity index (χ1v) is 13.1. The Kier molecular flexibility index (Phi) is 5.49. The van der Waals surface area contributed by atoms with Crippen molar-refractivity contribution in [3.05, 3.63) is 63.2 Å². The second-order valence-electron chi connectivity index (χ2n) is 10.8. The number of rotatable bonds is 3. The molecular formula is C28H31ClN4O2. The van der Waals surface area contributed by atoms with Crippen LogP contribution in [0.2, 0.25) is 5.02 Å². The van der Waals surface area contributed by atoms with E-state index in [1.165, 1.54) is 11.3 Å². The zero-order valence-electron chi connectivity index (χ0n) is 20.3. The summed E-state index contributed by atoms with van der Waals surface area (Å²) < 4.78 is 2.13. The summed E-state index contributed by atoms with van der Waals surface area (Å²) in [5, 5.41) is 0.917. The first-order chi connectivity index (χ1) is 16.9. The zero-order chi connectivity index (χ0) is 24.3. The minimum absolute atomic E-state index is 0.265. The van der Waals surface area contributed by atoms with Gasteiger partial charge in [-0.05, 0) is 69.4 Å². The van der Waals surface area contributed by atoms with Gasteiger partial charge in [0.05, 0.1) is 27.0 Å². The standard InChI is InChI=1S/C28H31ClN4O2/c1-28(2)21-11-10-20(32-14-12-31(13-15-32)19-8-6-18(17-34)7-9-19)16-24(21)33-23-5-3-4-22(29)25(23)26(35)30-27(28)33/h3-5,10-11,16-19H,6-9,12-15H2,1-2H3. The van der Waals surface area contributed by atoms with Crippen molar-refractivity contribution in [2.75, 3.05) is 31.1 Å². The van der Waals surface area contributed by atoms with Crippen LogP contribution in [0, 0.1) is 5.92 Å². The van der Waals surface area contributed by atoms with Gasteiger partial charge in [-0.1, -0.05) is 23.7 Å². The van der Waals surface area contributed by atoms with Gasteiger partial charge in [0.15, 0.2) is 0 Å². The molecule has 0 unspecified atom stereocenters. The van der Waals surface area contributed by atoms with Crippen LogP contribution >= 0.6 is 11.6 Å². The predicted octanol–water partition coefficient (Wildman–Crippen LogP) is 4.56. The average molecular weight is 491 g/mol. The summed E-state index contributed by atoms with van der Waals surface area (Å²) in [6.07, 6.45) is 5.47. The maximum absolute atomic E-state index is 12.9. The van der Waals surface area contributed by atoms with Gasteiger partial charge in [0, 0.05) is 43.8 Å². The molecular weight excluding hydrogens is 460 g/mol. The van der Waals surface area contributed by atoms with Gasteiger partial charge in [-0.15, -0.1) is 0 Å². The van der Waals surface area contributed by atoms with Gasteiger partial charge in [0.1, 0.15) is 12.1 Å². The lowest BCUT2D eigenvalue weighted by atomic mass is 9.85. The Morgan fingerprint density at radius 3 is 2.49 bits per heavy atom. The average Bonchev–Trinajstić information content (AvgIpc) is 3.10. The maximum Gasteiger partial charge on any atom is 0.282 e. The predicted molar refractivity (Wildman–Crippen MR) is 140 cm³/mol. The lowest BCUT2D eigenvalue weighted by Crippen LogP contribution is -2.51. The number of aldehydes is 1. The number of benzene rings is 2. The van der Waals surface area contributed by atoms with Crippen LogP contribution in [0.3, 0.4) is 0 Å². The topological polar surface area (TPSA) is 58.4 Å². The second-order valence-corrected chi connectivity index (χ2v) is 11.2. The maximum atomic E-state index is 12.9. The van der Waals surface area contributed by atoms with Crippen molar-refractivity contribution in [2.45, 2.75) is 51.0 Å². The van der Waals surface area contributed by atoms with Crippen LogP contribution in [0.1, 0.15) is 50.9 Å². The van der Waals surface area contributed by atoms with Crippen LogP contribution in [0.5, 0.6) is 0 Å². The van der Waals surface area contributed by atoms with E-state index in [1.807, 2.05) is 12.1 Å². The minimum Gasteiger partial charge on any atom is -0.369 e. The van der Waals surface area contributed by atoms with E-state index in [0.29, 0.717) is 16.5 Å². The molecule has 1 saturated heterocycles. The molecule has 2 aromatic carbocycles. The smallest absolute Gasteiger partial charge is 0.282 e. The van der Waals surface area contributed by atoms with Crippen molar-refractivity contribution < 1.29 is 4.79 Å². The summed E-state index contributed by atoms with van der Waals surface area (Å²) in [6, 6.07) is 12.9. The highest BCUT2D eigenvalue weighted by molar-refractivity contribution is 6.35. The molecule has 2 aliphatic heterocycles. The van der Waals surface area contributed by atoms with E-state index in [9.17, 15) is 9.59 Å². The van der Waals surface area contributed by atoms with Crippen LogP contribution in [-0.4, -0.2) is 53.0 Å². The number of aromatic nitrogens is 2. The molecule has 182 valence electrons. The van der Waals surface area contributed by atoms with Crippen molar-refractivity contribution in [1.82, 2.24) is 14.5 Å². The van der Waals surface area contributed by atoms with Gasteiger partial charge in [-0.2, -0.15) is 4.98 Å². The summed E-state index contributed by atoms with van der Waals surface area (Å²) in [5.74, 6) is 1.03. The number of fused-ring (bicyclic) bond motifs is 5. The number of halogens is 1. The van der Waals surface area contributed by atoms with E-state index in [0.717, 1.165) is 75.2 Å². The highest BCUT2D eigenvalue weighted by Crippen LogP contribution is 2.44. The molecule has 1 aromatic heterocycles. The minimum atomic E-state index is -0.372. The number of carbonyl (C=O) groups excluding carboxylic acids is 1. The molecule has 1 saturated carbocycles. The van der Waals surface area contributed by atoms with Crippen LogP contribution < -0.4 is 10.5 Å². The Hall–Kier alpha value is -2.70. The Bertz CT molecular complexity index is 1370. The zero-order valence-corrected chi connectivity index (χ0v) is 21.1.